The fraction of sp³-hybridized carbons (Fsp3) is 0.294. The Morgan fingerprint density at radius 3 is 2.57 bits per heavy atom. The van der Waals surface area contributed by atoms with E-state index in [1.807, 2.05) is 6.07 Å². The van der Waals surface area contributed by atoms with E-state index in [1.165, 1.54) is 25.0 Å². The molecule has 2 aromatic rings. The fourth-order valence-electron chi connectivity index (χ4n) is 2.05. The van der Waals surface area contributed by atoms with Gasteiger partial charge < -0.3 is 10.1 Å². The topological polar surface area (TPSA) is 21.3 Å². The molecule has 1 aliphatic rings. The quantitative estimate of drug-likeness (QED) is 0.885. The molecule has 2 aromatic carbocycles. The number of hydrogen-bond acceptors (Lipinski definition) is 2. The van der Waals surface area contributed by atoms with Crippen LogP contribution in [0.3, 0.4) is 0 Å². The van der Waals surface area contributed by atoms with Crippen LogP contribution in [0.2, 0.25) is 0 Å². The number of halogens is 2. The molecule has 0 spiro atoms. The van der Waals surface area contributed by atoms with Crippen LogP contribution in [0.1, 0.15) is 24.0 Å². The van der Waals surface area contributed by atoms with Gasteiger partial charge in [0.1, 0.15) is 11.6 Å². The highest BCUT2D eigenvalue weighted by atomic mass is 19.1. The lowest BCUT2D eigenvalue weighted by Gasteiger charge is -2.09. The molecule has 4 heteroatoms. The minimum absolute atomic E-state index is 0.105. The molecular formula is C17H17F2NO. The number of aryl methyl sites for hydroxylation is 1. The van der Waals surface area contributed by atoms with Gasteiger partial charge in [-0.05, 0) is 49.1 Å². The maximum absolute atomic E-state index is 14.0. The lowest BCUT2D eigenvalue weighted by atomic mass is 10.2. The molecule has 0 radical (unpaired) electrons. The van der Waals surface area contributed by atoms with Crippen LogP contribution in [0.15, 0.2) is 36.4 Å². The Morgan fingerprint density at radius 2 is 1.90 bits per heavy atom. The summed E-state index contributed by atoms with van der Waals surface area (Å²) in [5, 5.41) is 3.33. The van der Waals surface area contributed by atoms with Crippen LogP contribution in [0.5, 0.6) is 11.5 Å². The summed E-state index contributed by atoms with van der Waals surface area (Å²) in [6, 6.07) is 9.93. The Bertz CT molecular complexity index is 653. The molecule has 3 rings (SSSR count). The first-order valence-electron chi connectivity index (χ1n) is 7.07. The van der Waals surface area contributed by atoms with Crippen molar-refractivity contribution in [1.82, 2.24) is 5.32 Å². The largest absolute Gasteiger partial charge is 0.454 e. The van der Waals surface area contributed by atoms with E-state index in [9.17, 15) is 8.78 Å². The van der Waals surface area contributed by atoms with Gasteiger partial charge in [0, 0.05) is 18.7 Å². The van der Waals surface area contributed by atoms with Crippen molar-refractivity contribution in [3.63, 3.8) is 0 Å². The highest BCUT2D eigenvalue weighted by Crippen LogP contribution is 2.27. The van der Waals surface area contributed by atoms with Gasteiger partial charge in [0.05, 0.1) is 0 Å². The molecule has 21 heavy (non-hydrogen) atoms. The number of benzene rings is 2. The summed E-state index contributed by atoms with van der Waals surface area (Å²) in [6.45, 7) is 2.32. The van der Waals surface area contributed by atoms with Gasteiger partial charge in [-0.2, -0.15) is 0 Å². The van der Waals surface area contributed by atoms with E-state index in [0.29, 0.717) is 23.9 Å². The standard InChI is InChI=1S/C17H17F2NO/c1-11-2-6-14(9-15(11)18)21-17-7-3-12(8-16(17)19)10-20-13-4-5-13/h2-3,6-9,13,20H,4-5,10H2,1H3. The number of hydrogen-bond donors (Lipinski definition) is 1. The Kier molecular flexibility index (Phi) is 3.88. The SMILES string of the molecule is Cc1ccc(Oc2ccc(CNC3CC3)cc2F)cc1F. The summed E-state index contributed by atoms with van der Waals surface area (Å²) in [6.07, 6.45) is 2.39. The molecule has 1 aliphatic carbocycles. The molecule has 0 amide bonds. The second-order valence-electron chi connectivity index (χ2n) is 5.43. The molecule has 1 saturated carbocycles. The Hall–Kier alpha value is -1.94. The maximum atomic E-state index is 14.0. The van der Waals surface area contributed by atoms with Crippen molar-refractivity contribution in [2.75, 3.05) is 0 Å². The molecular weight excluding hydrogens is 272 g/mol. The average molecular weight is 289 g/mol. The summed E-state index contributed by atoms with van der Waals surface area (Å²) in [5.74, 6) is -0.404. The zero-order chi connectivity index (χ0) is 14.8. The summed E-state index contributed by atoms with van der Waals surface area (Å²) >= 11 is 0. The first-order chi connectivity index (χ1) is 10.1. The minimum Gasteiger partial charge on any atom is -0.454 e. The second kappa shape index (κ2) is 5.82. The summed E-state index contributed by atoms with van der Waals surface area (Å²) in [5.41, 5.74) is 1.41. The molecule has 1 N–H and O–H groups in total. The van der Waals surface area contributed by atoms with Gasteiger partial charge in [-0.15, -0.1) is 0 Å². The fourth-order valence-corrected chi connectivity index (χ4v) is 2.05. The van der Waals surface area contributed by atoms with Gasteiger partial charge >= 0.3 is 0 Å². The Balaban J connectivity index is 1.70. The van der Waals surface area contributed by atoms with Crippen LogP contribution in [0.4, 0.5) is 8.78 Å². The number of ether oxygens (including phenoxy) is 1. The van der Waals surface area contributed by atoms with Gasteiger partial charge in [0.2, 0.25) is 0 Å². The smallest absolute Gasteiger partial charge is 0.166 e. The molecule has 0 saturated heterocycles. The first-order valence-corrected chi connectivity index (χ1v) is 7.07. The van der Waals surface area contributed by atoms with Crippen LogP contribution in [-0.4, -0.2) is 6.04 Å². The molecule has 0 aliphatic heterocycles. The van der Waals surface area contributed by atoms with Crippen LogP contribution in [-0.2, 0) is 6.54 Å². The van der Waals surface area contributed by atoms with Gasteiger partial charge in [-0.3, -0.25) is 0 Å². The van der Waals surface area contributed by atoms with Crippen molar-refractivity contribution in [2.45, 2.75) is 32.4 Å². The van der Waals surface area contributed by atoms with Crippen molar-refractivity contribution in [2.24, 2.45) is 0 Å². The third kappa shape index (κ3) is 3.58. The van der Waals surface area contributed by atoms with E-state index in [2.05, 4.69) is 5.32 Å². The van der Waals surface area contributed by atoms with Crippen molar-refractivity contribution >= 4 is 0 Å². The van der Waals surface area contributed by atoms with Crippen molar-refractivity contribution in [1.29, 1.82) is 0 Å². The lowest BCUT2D eigenvalue weighted by Crippen LogP contribution is -2.15. The van der Waals surface area contributed by atoms with E-state index in [4.69, 9.17) is 4.74 Å². The average Bonchev–Trinajstić information content (AvgIpc) is 3.27. The summed E-state index contributed by atoms with van der Waals surface area (Å²) in [7, 11) is 0. The second-order valence-corrected chi connectivity index (χ2v) is 5.43. The molecule has 2 nitrogen and oxygen atoms in total. The van der Waals surface area contributed by atoms with Crippen LogP contribution >= 0.6 is 0 Å². The van der Waals surface area contributed by atoms with Gasteiger partial charge in [-0.25, -0.2) is 8.78 Å². The third-order valence-corrected chi connectivity index (χ3v) is 3.54. The minimum atomic E-state index is -0.439. The van der Waals surface area contributed by atoms with Crippen molar-refractivity contribution in [3.05, 3.63) is 59.2 Å². The van der Waals surface area contributed by atoms with Gasteiger partial charge in [0.25, 0.3) is 0 Å². The lowest BCUT2D eigenvalue weighted by molar-refractivity contribution is 0.437. The van der Waals surface area contributed by atoms with Gasteiger partial charge in [0.15, 0.2) is 11.6 Å². The van der Waals surface area contributed by atoms with Crippen molar-refractivity contribution in [3.8, 4) is 11.5 Å². The highest BCUT2D eigenvalue weighted by molar-refractivity contribution is 5.36. The molecule has 0 bridgehead atoms. The first kappa shape index (κ1) is 14.0. The predicted molar refractivity (Wildman–Crippen MR) is 77.5 cm³/mol. The molecule has 0 aromatic heterocycles. The van der Waals surface area contributed by atoms with Crippen LogP contribution < -0.4 is 10.1 Å². The van der Waals surface area contributed by atoms with E-state index in [1.54, 1.807) is 25.1 Å². The van der Waals surface area contributed by atoms with E-state index in [0.717, 1.165) is 5.56 Å². The molecule has 0 unspecified atom stereocenters. The Labute approximate surface area is 122 Å². The monoisotopic (exact) mass is 289 g/mol. The van der Waals surface area contributed by atoms with E-state index in [-0.39, 0.29) is 11.6 Å². The van der Waals surface area contributed by atoms with Gasteiger partial charge in [-0.1, -0.05) is 12.1 Å². The number of nitrogens with one attached hydrogen (secondary N) is 1. The zero-order valence-electron chi connectivity index (χ0n) is 11.8. The normalized spacial score (nSPS) is 14.2. The summed E-state index contributed by atoms with van der Waals surface area (Å²) < 4.78 is 32.9. The maximum Gasteiger partial charge on any atom is 0.166 e. The van der Waals surface area contributed by atoms with Crippen molar-refractivity contribution < 1.29 is 13.5 Å². The van der Waals surface area contributed by atoms with Crippen LogP contribution in [0, 0.1) is 18.6 Å². The molecule has 1 fully saturated rings. The van der Waals surface area contributed by atoms with Crippen LogP contribution in [0.25, 0.3) is 0 Å². The third-order valence-electron chi connectivity index (χ3n) is 3.54. The van der Waals surface area contributed by atoms with E-state index < -0.39 is 5.82 Å². The Morgan fingerprint density at radius 1 is 1.10 bits per heavy atom. The molecule has 110 valence electrons. The highest BCUT2D eigenvalue weighted by Gasteiger charge is 2.20. The zero-order valence-corrected chi connectivity index (χ0v) is 11.8. The molecule has 0 atom stereocenters. The predicted octanol–water partition coefficient (Wildman–Crippen LogP) is 4.32. The number of rotatable bonds is 5. The van der Waals surface area contributed by atoms with E-state index >= 15 is 0 Å². The molecule has 0 heterocycles. The summed E-state index contributed by atoms with van der Waals surface area (Å²) in [4.78, 5) is 0.